The Kier molecular flexibility index (Phi) is 4.68. The standard InChI is InChI=1S/C24H24FN3O3/c1-27-9-6-17-12-16(2-4-20(17)27)15-26-23(30)28-10-7-24(8-11-28)14-21(29)19-13-18(25)3-5-22(19)31-24/h2-6,9,12-13H,7-8,10-11,14-15H2,1H3,(H,26,30). The van der Waals surface area contributed by atoms with Crippen molar-refractivity contribution in [3.05, 3.63) is 65.6 Å². The number of aryl methyl sites for hydroxylation is 1. The van der Waals surface area contributed by atoms with Gasteiger partial charge in [-0.15, -0.1) is 0 Å². The van der Waals surface area contributed by atoms with E-state index in [1.165, 1.54) is 18.2 Å². The van der Waals surface area contributed by atoms with Crippen LogP contribution >= 0.6 is 0 Å². The first-order valence-corrected chi connectivity index (χ1v) is 10.5. The van der Waals surface area contributed by atoms with Gasteiger partial charge >= 0.3 is 6.03 Å². The van der Waals surface area contributed by atoms with E-state index in [0.29, 0.717) is 43.8 Å². The number of likely N-dealkylation sites (tertiary alicyclic amines) is 1. The molecule has 3 aromatic rings. The normalized spacial score (nSPS) is 17.5. The van der Waals surface area contributed by atoms with E-state index >= 15 is 0 Å². The maximum absolute atomic E-state index is 13.5. The summed E-state index contributed by atoms with van der Waals surface area (Å²) < 4.78 is 21.7. The second kappa shape index (κ2) is 7.41. The van der Waals surface area contributed by atoms with Crippen molar-refractivity contribution in [1.29, 1.82) is 0 Å². The number of amides is 2. The average molecular weight is 421 g/mol. The van der Waals surface area contributed by atoms with E-state index in [2.05, 4.69) is 28.1 Å². The van der Waals surface area contributed by atoms with Crippen molar-refractivity contribution < 1.29 is 18.7 Å². The maximum atomic E-state index is 13.5. The number of carbonyl (C=O) groups excluding carboxylic acids is 2. The highest BCUT2D eigenvalue weighted by Crippen LogP contribution is 2.39. The second-order valence-corrected chi connectivity index (χ2v) is 8.49. The number of benzene rings is 2. The summed E-state index contributed by atoms with van der Waals surface area (Å²) >= 11 is 0. The molecule has 0 bridgehead atoms. The van der Waals surface area contributed by atoms with Gasteiger partial charge in [0.25, 0.3) is 0 Å². The summed E-state index contributed by atoms with van der Waals surface area (Å²) in [5.74, 6) is -0.105. The summed E-state index contributed by atoms with van der Waals surface area (Å²) in [5.41, 5.74) is 1.89. The van der Waals surface area contributed by atoms with Gasteiger partial charge in [0.2, 0.25) is 0 Å². The molecule has 2 aliphatic rings. The minimum Gasteiger partial charge on any atom is -0.486 e. The highest BCUT2D eigenvalue weighted by molar-refractivity contribution is 6.00. The average Bonchev–Trinajstić information content (AvgIpc) is 3.13. The Balaban J connectivity index is 1.19. The topological polar surface area (TPSA) is 63.6 Å². The summed E-state index contributed by atoms with van der Waals surface area (Å²) in [4.78, 5) is 27.0. The highest BCUT2D eigenvalue weighted by atomic mass is 19.1. The number of rotatable bonds is 2. The number of piperidine rings is 1. The first kappa shape index (κ1) is 19.6. The molecule has 160 valence electrons. The predicted octanol–water partition coefficient (Wildman–Crippen LogP) is 4.03. The number of nitrogens with one attached hydrogen (secondary N) is 1. The van der Waals surface area contributed by atoms with Crippen LogP contribution in [0.4, 0.5) is 9.18 Å². The number of hydrogen-bond donors (Lipinski definition) is 1. The lowest BCUT2D eigenvalue weighted by molar-refractivity contribution is -0.000806. The Bertz CT molecular complexity index is 1180. The lowest BCUT2D eigenvalue weighted by atomic mass is 9.82. The van der Waals surface area contributed by atoms with E-state index in [9.17, 15) is 14.0 Å². The summed E-state index contributed by atoms with van der Waals surface area (Å²) in [7, 11) is 2.01. The summed E-state index contributed by atoms with van der Waals surface area (Å²) in [6.45, 7) is 1.47. The summed E-state index contributed by atoms with van der Waals surface area (Å²) in [5, 5.41) is 4.14. The van der Waals surface area contributed by atoms with E-state index in [4.69, 9.17) is 4.74 Å². The van der Waals surface area contributed by atoms with Crippen LogP contribution in [0.15, 0.2) is 48.7 Å². The van der Waals surface area contributed by atoms with Crippen molar-refractivity contribution in [3.63, 3.8) is 0 Å². The molecule has 1 aromatic heterocycles. The molecular formula is C24H24FN3O3. The van der Waals surface area contributed by atoms with Crippen LogP contribution in [0.5, 0.6) is 5.75 Å². The molecule has 1 spiro atoms. The molecule has 1 fully saturated rings. The van der Waals surface area contributed by atoms with Gasteiger partial charge in [-0.1, -0.05) is 6.07 Å². The van der Waals surface area contributed by atoms with Crippen LogP contribution in [0.1, 0.15) is 35.2 Å². The fourth-order valence-electron chi connectivity index (χ4n) is 4.59. The van der Waals surface area contributed by atoms with Gasteiger partial charge in [-0.25, -0.2) is 9.18 Å². The molecule has 0 atom stereocenters. The Labute approximate surface area is 179 Å². The third kappa shape index (κ3) is 3.65. The molecular weight excluding hydrogens is 397 g/mol. The molecule has 0 unspecified atom stereocenters. The van der Waals surface area contributed by atoms with Crippen molar-refractivity contribution in [3.8, 4) is 5.75 Å². The Morgan fingerprint density at radius 1 is 1.16 bits per heavy atom. The number of Topliss-reactive ketones (excluding diaryl/α,β-unsaturated/α-hetero) is 1. The van der Waals surface area contributed by atoms with Crippen LogP contribution in [0, 0.1) is 5.82 Å². The number of ketones is 1. The number of urea groups is 1. The van der Waals surface area contributed by atoms with Gasteiger partial charge in [0.05, 0.1) is 12.0 Å². The molecule has 0 saturated carbocycles. The van der Waals surface area contributed by atoms with Crippen molar-refractivity contribution in [2.45, 2.75) is 31.4 Å². The maximum Gasteiger partial charge on any atom is 0.317 e. The van der Waals surface area contributed by atoms with Gasteiger partial charge in [-0.05, 0) is 47.3 Å². The van der Waals surface area contributed by atoms with Gasteiger partial charge in [-0.2, -0.15) is 0 Å². The zero-order valence-corrected chi connectivity index (χ0v) is 17.4. The molecule has 31 heavy (non-hydrogen) atoms. The monoisotopic (exact) mass is 421 g/mol. The molecule has 1 saturated heterocycles. The highest BCUT2D eigenvalue weighted by Gasteiger charge is 2.43. The molecule has 2 amide bonds. The van der Waals surface area contributed by atoms with Crippen LogP contribution in [-0.2, 0) is 13.6 Å². The molecule has 6 nitrogen and oxygen atoms in total. The lowest BCUT2D eigenvalue weighted by Gasteiger charge is -2.43. The van der Waals surface area contributed by atoms with E-state index in [-0.39, 0.29) is 18.2 Å². The molecule has 1 N–H and O–H groups in total. The molecule has 7 heteroatoms. The number of fused-ring (bicyclic) bond motifs is 2. The van der Waals surface area contributed by atoms with E-state index in [0.717, 1.165) is 16.5 Å². The Morgan fingerprint density at radius 3 is 2.77 bits per heavy atom. The number of ether oxygens (including phenoxy) is 1. The molecule has 0 radical (unpaired) electrons. The van der Waals surface area contributed by atoms with Crippen molar-refractivity contribution in [2.24, 2.45) is 7.05 Å². The second-order valence-electron chi connectivity index (χ2n) is 8.49. The zero-order valence-electron chi connectivity index (χ0n) is 17.4. The minimum atomic E-state index is -0.614. The smallest absolute Gasteiger partial charge is 0.317 e. The molecule has 3 heterocycles. The van der Waals surface area contributed by atoms with Crippen LogP contribution in [0.25, 0.3) is 10.9 Å². The number of carbonyl (C=O) groups is 2. The number of hydrogen-bond acceptors (Lipinski definition) is 3. The fraction of sp³-hybridized carbons (Fsp3) is 0.333. The van der Waals surface area contributed by atoms with Crippen LogP contribution in [-0.4, -0.2) is 40.0 Å². The van der Waals surface area contributed by atoms with Crippen molar-refractivity contribution in [1.82, 2.24) is 14.8 Å². The first-order chi connectivity index (χ1) is 14.9. The lowest BCUT2D eigenvalue weighted by Crippen LogP contribution is -2.54. The molecule has 2 aliphatic heterocycles. The Hall–Kier alpha value is -3.35. The third-order valence-corrected chi connectivity index (χ3v) is 6.41. The van der Waals surface area contributed by atoms with Gasteiger partial charge in [0.15, 0.2) is 5.78 Å². The molecule has 2 aromatic carbocycles. The zero-order chi connectivity index (χ0) is 21.6. The van der Waals surface area contributed by atoms with Crippen LogP contribution in [0.2, 0.25) is 0 Å². The predicted molar refractivity (Wildman–Crippen MR) is 115 cm³/mol. The van der Waals surface area contributed by atoms with E-state index < -0.39 is 11.4 Å². The van der Waals surface area contributed by atoms with E-state index in [1.54, 1.807) is 4.90 Å². The third-order valence-electron chi connectivity index (χ3n) is 6.41. The van der Waals surface area contributed by atoms with Gasteiger partial charge < -0.3 is 19.5 Å². The van der Waals surface area contributed by atoms with Crippen molar-refractivity contribution >= 4 is 22.7 Å². The summed E-state index contributed by atoms with van der Waals surface area (Å²) in [6.07, 6.45) is 3.37. The number of halogens is 1. The summed E-state index contributed by atoms with van der Waals surface area (Å²) in [6, 6.07) is 12.2. The number of nitrogens with zero attached hydrogens (tertiary/aromatic N) is 2. The minimum absolute atomic E-state index is 0.102. The quantitative estimate of drug-likeness (QED) is 0.680. The SMILES string of the molecule is Cn1ccc2cc(CNC(=O)N3CCC4(CC3)CC(=O)c3cc(F)ccc3O4)ccc21. The Morgan fingerprint density at radius 2 is 1.97 bits per heavy atom. The van der Waals surface area contributed by atoms with Gasteiger partial charge in [0, 0.05) is 51.2 Å². The van der Waals surface area contributed by atoms with Crippen LogP contribution in [0.3, 0.4) is 0 Å². The molecule has 0 aliphatic carbocycles. The molecule has 5 rings (SSSR count). The number of aromatic nitrogens is 1. The largest absolute Gasteiger partial charge is 0.486 e. The fourth-order valence-corrected chi connectivity index (χ4v) is 4.59. The van der Waals surface area contributed by atoms with Crippen molar-refractivity contribution in [2.75, 3.05) is 13.1 Å². The van der Waals surface area contributed by atoms with Gasteiger partial charge in [-0.3, -0.25) is 4.79 Å². The van der Waals surface area contributed by atoms with Crippen LogP contribution < -0.4 is 10.1 Å². The van der Waals surface area contributed by atoms with E-state index in [1.807, 2.05) is 19.3 Å². The van der Waals surface area contributed by atoms with Gasteiger partial charge in [0.1, 0.15) is 17.2 Å². The first-order valence-electron chi connectivity index (χ1n) is 10.5.